The molecule has 0 radical (unpaired) electrons. The molecule has 9 heteroatoms. The minimum absolute atomic E-state index is 0. The highest BCUT2D eigenvalue weighted by Crippen LogP contribution is 2.22. The van der Waals surface area contributed by atoms with Crippen molar-refractivity contribution in [2.24, 2.45) is 11.7 Å². The van der Waals surface area contributed by atoms with Gasteiger partial charge in [0.1, 0.15) is 0 Å². The third-order valence-corrected chi connectivity index (χ3v) is 5.12. The van der Waals surface area contributed by atoms with Gasteiger partial charge >= 0.3 is 0 Å². The number of rotatable bonds is 6. The quantitative estimate of drug-likeness (QED) is 0.720. The molecule has 1 atom stereocenters. The number of aryl methyl sites for hydroxylation is 1. The van der Waals surface area contributed by atoms with Crippen molar-refractivity contribution in [1.82, 2.24) is 14.5 Å². The monoisotopic (exact) mass is 441 g/mol. The van der Waals surface area contributed by atoms with E-state index in [1.807, 2.05) is 22.6 Å². The molecule has 1 saturated heterocycles. The van der Waals surface area contributed by atoms with E-state index < -0.39 is 0 Å². The Balaban J connectivity index is 0.00000210. The Hall–Kier alpha value is -2.09. The highest BCUT2D eigenvalue weighted by Gasteiger charge is 2.25. The molecule has 160 valence electrons. The maximum Gasteiger partial charge on any atom is 0.253 e. The number of likely N-dealkylation sites (tertiary alicyclic amines) is 1. The molecule has 2 heterocycles. The van der Waals surface area contributed by atoms with Crippen LogP contribution in [0, 0.1) is 5.92 Å². The Kier molecular flexibility index (Phi) is 10.2. The molecular weight excluding hydrogens is 413 g/mol. The average Bonchev–Trinajstić information content (AvgIpc) is 3.20. The van der Waals surface area contributed by atoms with Crippen molar-refractivity contribution in [3.05, 3.63) is 48.5 Å². The molecule has 1 aromatic carbocycles. The van der Waals surface area contributed by atoms with Gasteiger partial charge in [-0.25, -0.2) is 4.98 Å². The maximum absolute atomic E-state index is 12.8. The topological polar surface area (TPSA) is 93.3 Å². The van der Waals surface area contributed by atoms with E-state index in [0.717, 1.165) is 25.9 Å². The van der Waals surface area contributed by atoms with E-state index in [1.54, 1.807) is 36.8 Å². The fourth-order valence-electron chi connectivity index (χ4n) is 3.41. The number of carbonyl (C=O) groups excluding carboxylic acids is 2. The average molecular weight is 442 g/mol. The smallest absolute Gasteiger partial charge is 0.253 e. The first-order valence-corrected chi connectivity index (χ1v) is 9.43. The van der Waals surface area contributed by atoms with Crippen LogP contribution >= 0.6 is 24.8 Å². The van der Waals surface area contributed by atoms with E-state index in [2.05, 4.69) is 10.3 Å². The van der Waals surface area contributed by atoms with Gasteiger partial charge in [0.05, 0.1) is 6.33 Å². The van der Waals surface area contributed by atoms with Crippen molar-refractivity contribution in [1.29, 1.82) is 0 Å². The summed E-state index contributed by atoms with van der Waals surface area (Å²) in [6.45, 7) is 4.05. The van der Waals surface area contributed by atoms with E-state index in [0.29, 0.717) is 30.1 Å². The second-order valence-electron chi connectivity index (χ2n) is 7.17. The van der Waals surface area contributed by atoms with Gasteiger partial charge in [-0.15, -0.1) is 24.8 Å². The van der Waals surface area contributed by atoms with Gasteiger partial charge in [-0.1, -0.05) is 6.07 Å². The number of amides is 2. The first-order chi connectivity index (χ1) is 13.0. The summed E-state index contributed by atoms with van der Waals surface area (Å²) >= 11 is 0. The van der Waals surface area contributed by atoms with Gasteiger partial charge in [-0.2, -0.15) is 0 Å². The number of piperidine rings is 1. The molecule has 0 saturated carbocycles. The first-order valence-electron chi connectivity index (χ1n) is 9.43. The summed E-state index contributed by atoms with van der Waals surface area (Å²) in [4.78, 5) is 30.7. The number of nitrogens with one attached hydrogen (secondary N) is 1. The Labute approximate surface area is 183 Å². The number of imidazole rings is 1. The SMILES string of the molecule is CC(N)C1CCN(C(=O)c2cccc(NC(=O)CCn3ccnc3)c2)CC1.Cl.Cl. The lowest BCUT2D eigenvalue weighted by atomic mass is 9.90. The van der Waals surface area contributed by atoms with E-state index in [9.17, 15) is 9.59 Å². The molecule has 29 heavy (non-hydrogen) atoms. The second-order valence-corrected chi connectivity index (χ2v) is 7.17. The van der Waals surface area contributed by atoms with Gasteiger partial charge in [-0.3, -0.25) is 9.59 Å². The zero-order valence-electron chi connectivity index (χ0n) is 16.5. The Morgan fingerprint density at radius 3 is 2.62 bits per heavy atom. The molecule has 7 nitrogen and oxygen atoms in total. The van der Waals surface area contributed by atoms with Crippen LogP contribution in [0.2, 0.25) is 0 Å². The fraction of sp³-hybridized carbons (Fsp3) is 0.450. The maximum atomic E-state index is 12.8. The lowest BCUT2D eigenvalue weighted by Gasteiger charge is -2.33. The number of nitrogens with two attached hydrogens (primary N) is 1. The number of anilines is 1. The Morgan fingerprint density at radius 1 is 1.28 bits per heavy atom. The van der Waals surface area contributed by atoms with Crippen molar-refractivity contribution in [2.75, 3.05) is 18.4 Å². The third kappa shape index (κ3) is 7.03. The highest BCUT2D eigenvalue weighted by molar-refractivity contribution is 5.97. The number of benzene rings is 1. The van der Waals surface area contributed by atoms with Crippen LogP contribution in [0.4, 0.5) is 5.69 Å². The van der Waals surface area contributed by atoms with E-state index in [1.165, 1.54) is 0 Å². The number of carbonyl (C=O) groups is 2. The van der Waals surface area contributed by atoms with Gasteiger partial charge < -0.3 is 20.5 Å². The van der Waals surface area contributed by atoms with Gasteiger partial charge in [0.2, 0.25) is 5.91 Å². The van der Waals surface area contributed by atoms with Crippen molar-refractivity contribution >= 4 is 42.3 Å². The minimum Gasteiger partial charge on any atom is -0.339 e. The summed E-state index contributed by atoms with van der Waals surface area (Å²) in [5.74, 6) is 0.397. The lowest BCUT2D eigenvalue weighted by molar-refractivity contribution is -0.116. The van der Waals surface area contributed by atoms with Crippen LogP contribution in [-0.4, -0.2) is 45.4 Å². The third-order valence-electron chi connectivity index (χ3n) is 5.12. The van der Waals surface area contributed by atoms with Crippen LogP contribution in [0.25, 0.3) is 0 Å². The van der Waals surface area contributed by atoms with Gasteiger partial charge in [0, 0.05) is 55.7 Å². The Bertz CT molecular complexity index is 775. The van der Waals surface area contributed by atoms with E-state index in [4.69, 9.17) is 5.73 Å². The van der Waals surface area contributed by atoms with Crippen LogP contribution in [0.1, 0.15) is 36.5 Å². The standard InChI is InChI=1S/C20H27N5O2.2ClH/c1-15(21)16-5-10-25(11-6-16)20(27)17-3-2-4-18(13-17)23-19(26)7-9-24-12-8-22-14-24;;/h2-4,8,12-16H,5-7,9-11,21H2,1H3,(H,23,26);2*1H. The van der Waals surface area contributed by atoms with Crippen LogP contribution in [-0.2, 0) is 11.3 Å². The van der Waals surface area contributed by atoms with Gasteiger partial charge in [0.15, 0.2) is 0 Å². The summed E-state index contributed by atoms with van der Waals surface area (Å²) in [6, 6.07) is 7.31. The van der Waals surface area contributed by atoms with E-state index in [-0.39, 0.29) is 42.7 Å². The molecule has 3 rings (SSSR count). The summed E-state index contributed by atoms with van der Waals surface area (Å²) < 4.78 is 1.85. The van der Waals surface area contributed by atoms with Crippen LogP contribution in [0.5, 0.6) is 0 Å². The molecule has 3 N–H and O–H groups in total. The Morgan fingerprint density at radius 2 is 2.00 bits per heavy atom. The lowest BCUT2D eigenvalue weighted by Crippen LogP contribution is -2.42. The molecule has 1 aromatic heterocycles. The van der Waals surface area contributed by atoms with Crippen molar-refractivity contribution in [2.45, 2.75) is 38.8 Å². The van der Waals surface area contributed by atoms with Gasteiger partial charge in [0.25, 0.3) is 5.91 Å². The minimum atomic E-state index is -0.0916. The molecule has 1 aliphatic heterocycles. The fourth-order valence-corrected chi connectivity index (χ4v) is 3.41. The normalized spacial score (nSPS) is 15.0. The molecule has 2 aromatic rings. The molecule has 2 amide bonds. The number of aromatic nitrogens is 2. The number of hydrogen-bond donors (Lipinski definition) is 2. The molecule has 0 bridgehead atoms. The van der Waals surface area contributed by atoms with Crippen LogP contribution in [0.3, 0.4) is 0 Å². The molecular formula is C20H29Cl2N5O2. The summed E-state index contributed by atoms with van der Waals surface area (Å²) in [5.41, 5.74) is 7.21. The second kappa shape index (κ2) is 11.8. The van der Waals surface area contributed by atoms with Gasteiger partial charge in [-0.05, 0) is 43.9 Å². The van der Waals surface area contributed by atoms with Crippen molar-refractivity contribution < 1.29 is 9.59 Å². The first kappa shape index (κ1) is 24.9. The molecule has 0 aliphatic carbocycles. The largest absolute Gasteiger partial charge is 0.339 e. The van der Waals surface area contributed by atoms with Crippen LogP contribution in [0.15, 0.2) is 43.0 Å². The molecule has 1 fully saturated rings. The summed E-state index contributed by atoms with van der Waals surface area (Å²) in [5, 5.41) is 2.86. The molecule has 1 unspecified atom stereocenters. The van der Waals surface area contributed by atoms with Crippen molar-refractivity contribution in [3.63, 3.8) is 0 Å². The molecule has 0 spiro atoms. The van der Waals surface area contributed by atoms with Crippen LogP contribution < -0.4 is 11.1 Å². The number of halogens is 2. The van der Waals surface area contributed by atoms with Crippen molar-refractivity contribution in [3.8, 4) is 0 Å². The predicted molar refractivity (Wildman–Crippen MR) is 119 cm³/mol. The highest BCUT2D eigenvalue weighted by atomic mass is 35.5. The predicted octanol–water partition coefficient (Wildman–Crippen LogP) is 2.95. The zero-order chi connectivity index (χ0) is 19.2. The summed E-state index contributed by atoms with van der Waals surface area (Å²) in [7, 11) is 0. The summed E-state index contributed by atoms with van der Waals surface area (Å²) in [6.07, 6.45) is 7.41. The molecule has 1 aliphatic rings. The zero-order valence-corrected chi connectivity index (χ0v) is 18.1. The number of hydrogen-bond acceptors (Lipinski definition) is 4. The number of nitrogens with zero attached hydrogens (tertiary/aromatic N) is 3. The van der Waals surface area contributed by atoms with E-state index >= 15 is 0 Å².